The van der Waals surface area contributed by atoms with Crippen LogP contribution in [0.2, 0.25) is 0 Å². The topological polar surface area (TPSA) is 133 Å². The molecule has 0 saturated carbocycles. The zero-order chi connectivity index (χ0) is 24.7. The van der Waals surface area contributed by atoms with E-state index in [0.717, 1.165) is 24.4 Å². The van der Waals surface area contributed by atoms with Crippen LogP contribution in [0.3, 0.4) is 0 Å². The minimum absolute atomic E-state index is 0.0502. The first-order valence-corrected chi connectivity index (χ1v) is 9.80. The summed E-state index contributed by atoms with van der Waals surface area (Å²) in [6.45, 7) is 0. The predicted molar refractivity (Wildman–Crippen MR) is 118 cm³/mol. The molecule has 0 radical (unpaired) electrons. The van der Waals surface area contributed by atoms with E-state index in [0.29, 0.717) is 5.01 Å². The highest BCUT2D eigenvalue weighted by Crippen LogP contribution is 2.48. The Morgan fingerprint density at radius 3 is 2.41 bits per heavy atom. The Labute approximate surface area is 190 Å². The van der Waals surface area contributed by atoms with E-state index >= 15 is 0 Å². The van der Waals surface area contributed by atoms with E-state index in [1.807, 2.05) is 0 Å². The number of nitrogens with zero attached hydrogens (tertiary/aromatic N) is 3. The number of ether oxygens (including phenoxy) is 1. The summed E-state index contributed by atoms with van der Waals surface area (Å²) in [7, 11) is 0. The molecule has 4 rings (SSSR count). The number of hydrogen-bond donors (Lipinski definition) is 3. The number of primary amides is 1. The number of para-hydroxylation sites is 2. The first-order chi connectivity index (χ1) is 16.1. The van der Waals surface area contributed by atoms with Crippen LogP contribution < -0.4 is 26.9 Å². The molecule has 0 spiro atoms. The van der Waals surface area contributed by atoms with Crippen molar-refractivity contribution in [3.63, 3.8) is 0 Å². The molecule has 6 N–H and O–H groups in total. The van der Waals surface area contributed by atoms with E-state index < -0.39 is 40.7 Å². The number of aromatic nitrogens is 1. The maximum atomic E-state index is 15.0. The number of carbonyl (C=O) groups excluding carboxylic acids is 1. The molecule has 1 amide bonds. The monoisotopic (exact) mass is 474 g/mol. The normalized spacial score (nSPS) is 19.9. The third-order valence-electron chi connectivity index (χ3n) is 5.41. The summed E-state index contributed by atoms with van der Waals surface area (Å²) >= 11 is 0. The van der Waals surface area contributed by atoms with Crippen molar-refractivity contribution in [3.8, 4) is 11.5 Å². The SMILES string of the molecule is NC(=O)C1(c2cccc(F)c2Oc2ccnc(N)c2N)C=NN(c2ccccc2)C1C(F)(F)F. The number of hydrazone groups is 1. The summed E-state index contributed by atoms with van der Waals surface area (Å²) in [5.74, 6) is -3.45. The molecule has 12 heteroatoms. The molecular formula is C22H18F4N6O2. The van der Waals surface area contributed by atoms with Crippen LogP contribution >= 0.6 is 0 Å². The molecular weight excluding hydrogens is 456 g/mol. The number of benzene rings is 2. The van der Waals surface area contributed by atoms with Gasteiger partial charge in [0.1, 0.15) is 16.9 Å². The molecule has 8 nitrogen and oxygen atoms in total. The molecule has 1 aliphatic rings. The Morgan fingerprint density at radius 1 is 1.06 bits per heavy atom. The van der Waals surface area contributed by atoms with Gasteiger partial charge in [-0.3, -0.25) is 9.80 Å². The maximum Gasteiger partial charge on any atom is 0.412 e. The molecule has 2 heterocycles. The van der Waals surface area contributed by atoms with Gasteiger partial charge in [-0.15, -0.1) is 0 Å². The van der Waals surface area contributed by atoms with Crippen molar-refractivity contribution >= 4 is 29.3 Å². The van der Waals surface area contributed by atoms with Crippen molar-refractivity contribution in [1.82, 2.24) is 4.98 Å². The average molecular weight is 474 g/mol. The second-order valence-corrected chi connectivity index (χ2v) is 7.43. The standard InChI is InChI=1S/C22H18F4N6O2/c23-14-8-4-7-13(17(14)34-15-9-10-30-18(28)16(15)27)21(20(29)33)11-31-32(19(21)22(24,25)26)12-5-2-1-3-6-12/h1-11,19H,27H2,(H2,28,30)(H2,29,33). The molecule has 2 unspecified atom stereocenters. The quantitative estimate of drug-likeness (QED) is 0.486. The van der Waals surface area contributed by atoms with Crippen LogP contribution in [-0.2, 0) is 10.2 Å². The number of halogens is 4. The summed E-state index contributed by atoms with van der Waals surface area (Å²) in [5.41, 5.74) is 13.8. The summed E-state index contributed by atoms with van der Waals surface area (Å²) in [5, 5.41) is 4.49. The lowest BCUT2D eigenvalue weighted by Gasteiger charge is -2.36. The minimum Gasteiger partial charge on any atom is -0.452 e. The number of anilines is 3. The smallest absolute Gasteiger partial charge is 0.412 e. The van der Waals surface area contributed by atoms with E-state index in [4.69, 9.17) is 21.9 Å². The van der Waals surface area contributed by atoms with Gasteiger partial charge in [-0.1, -0.05) is 30.3 Å². The number of carbonyl (C=O) groups is 1. The molecule has 176 valence electrons. The average Bonchev–Trinajstić information content (AvgIpc) is 3.21. The zero-order valence-electron chi connectivity index (χ0n) is 17.3. The highest BCUT2D eigenvalue weighted by atomic mass is 19.4. The second-order valence-electron chi connectivity index (χ2n) is 7.43. The fourth-order valence-corrected chi connectivity index (χ4v) is 3.83. The number of amides is 1. The molecule has 0 fully saturated rings. The molecule has 0 saturated heterocycles. The van der Waals surface area contributed by atoms with Gasteiger partial charge in [0.15, 0.2) is 23.4 Å². The van der Waals surface area contributed by atoms with Crippen LogP contribution in [0, 0.1) is 5.82 Å². The Morgan fingerprint density at radius 2 is 1.76 bits per heavy atom. The molecule has 2 aromatic carbocycles. The van der Waals surface area contributed by atoms with E-state index in [9.17, 15) is 22.4 Å². The number of nitrogen functional groups attached to an aromatic ring is 2. The summed E-state index contributed by atoms with van der Waals surface area (Å²) in [4.78, 5) is 16.5. The lowest BCUT2D eigenvalue weighted by atomic mass is 9.73. The largest absolute Gasteiger partial charge is 0.452 e. The third kappa shape index (κ3) is 3.62. The first-order valence-electron chi connectivity index (χ1n) is 9.80. The van der Waals surface area contributed by atoms with Gasteiger partial charge in [-0.2, -0.15) is 18.3 Å². The number of nitrogens with two attached hydrogens (primary N) is 3. The second kappa shape index (κ2) is 8.21. The van der Waals surface area contributed by atoms with Gasteiger partial charge < -0.3 is 21.9 Å². The van der Waals surface area contributed by atoms with Crippen LogP contribution in [-0.4, -0.2) is 29.3 Å². The van der Waals surface area contributed by atoms with Crippen molar-refractivity contribution in [2.45, 2.75) is 17.6 Å². The van der Waals surface area contributed by atoms with Crippen LogP contribution in [0.1, 0.15) is 5.56 Å². The van der Waals surface area contributed by atoms with E-state index in [-0.39, 0.29) is 22.9 Å². The predicted octanol–water partition coefficient (Wildman–Crippen LogP) is 3.34. The van der Waals surface area contributed by atoms with Gasteiger partial charge in [-0.05, 0) is 18.2 Å². The third-order valence-corrected chi connectivity index (χ3v) is 5.41. The highest BCUT2D eigenvalue weighted by Gasteiger charge is 2.64. The Kier molecular flexibility index (Phi) is 5.51. The zero-order valence-corrected chi connectivity index (χ0v) is 17.3. The lowest BCUT2D eigenvalue weighted by Crippen LogP contribution is -2.60. The van der Waals surface area contributed by atoms with Crippen LogP contribution in [0.4, 0.5) is 34.8 Å². The first kappa shape index (κ1) is 22.8. The fraction of sp³-hybridized carbons (Fsp3) is 0.136. The van der Waals surface area contributed by atoms with Crippen molar-refractivity contribution in [2.24, 2.45) is 10.8 Å². The van der Waals surface area contributed by atoms with Crippen LogP contribution in [0.15, 0.2) is 65.9 Å². The van der Waals surface area contributed by atoms with Crippen molar-refractivity contribution < 1.29 is 27.1 Å². The Bertz CT molecular complexity index is 1270. The van der Waals surface area contributed by atoms with Gasteiger partial charge in [0.25, 0.3) is 0 Å². The summed E-state index contributed by atoms with van der Waals surface area (Å²) in [6.07, 6.45) is -3.05. The van der Waals surface area contributed by atoms with Crippen LogP contribution in [0.25, 0.3) is 0 Å². The minimum atomic E-state index is -5.02. The summed E-state index contributed by atoms with van der Waals surface area (Å²) < 4.78 is 64.1. The fourth-order valence-electron chi connectivity index (χ4n) is 3.83. The Hall–Kier alpha value is -4.35. The molecule has 0 bridgehead atoms. The highest BCUT2D eigenvalue weighted by molar-refractivity contribution is 6.08. The Balaban J connectivity index is 1.94. The van der Waals surface area contributed by atoms with Gasteiger partial charge in [0.05, 0.1) is 5.69 Å². The molecule has 0 aliphatic carbocycles. The van der Waals surface area contributed by atoms with Gasteiger partial charge in [0.2, 0.25) is 5.91 Å². The van der Waals surface area contributed by atoms with Crippen molar-refractivity contribution in [2.75, 3.05) is 16.5 Å². The number of pyridine rings is 1. The number of hydrogen-bond acceptors (Lipinski definition) is 7. The number of rotatable bonds is 5. The summed E-state index contributed by atoms with van der Waals surface area (Å²) in [6, 6.07) is 9.26. The van der Waals surface area contributed by atoms with Crippen molar-refractivity contribution in [1.29, 1.82) is 0 Å². The molecule has 1 aliphatic heterocycles. The lowest BCUT2D eigenvalue weighted by molar-refractivity contribution is -0.162. The number of alkyl halides is 3. The maximum absolute atomic E-state index is 15.0. The van der Waals surface area contributed by atoms with E-state index in [1.165, 1.54) is 36.5 Å². The van der Waals surface area contributed by atoms with Crippen LogP contribution in [0.5, 0.6) is 11.5 Å². The van der Waals surface area contributed by atoms with E-state index in [1.54, 1.807) is 6.07 Å². The van der Waals surface area contributed by atoms with Gasteiger partial charge >= 0.3 is 6.18 Å². The molecule has 34 heavy (non-hydrogen) atoms. The van der Waals surface area contributed by atoms with E-state index in [2.05, 4.69) is 10.1 Å². The van der Waals surface area contributed by atoms with Gasteiger partial charge in [-0.25, -0.2) is 9.37 Å². The van der Waals surface area contributed by atoms with Gasteiger partial charge in [0, 0.05) is 24.0 Å². The van der Waals surface area contributed by atoms with Crippen molar-refractivity contribution in [3.05, 3.63) is 72.2 Å². The molecule has 1 aromatic heterocycles. The molecule has 3 aromatic rings. The molecule has 2 atom stereocenters.